The minimum absolute atomic E-state index is 0.175. The minimum Gasteiger partial charge on any atom is -0.342 e. The summed E-state index contributed by atoms with van der Waals surface area (Å²) in [5, 5.41) is 3.48. The second kappa shape index (κ2) is 3.97. The van der Waals surface area contributed by atoms with E-state index >= 15 is 0 Å². The molecule has 1 aliphatic carbocycles. The normalized spacial score (nSPS) is 31.7. The number of hydrogen-bond donors (Lipinski definition) is 1. The zero-order valence-electron chi connectivity index (χ0n) is 12.9. The smallest absolute Gasteiger partial charge is 0.226 e. The minimum atomic E-state index is 0.175. The first-order valence-electron chi connectivity index (χ1n) is 7.80. The molecule has 0 aromatic carbocycles. The van der Waals surface area contributed by atoms with E-state index in [4.69, 9.17) is 0 Å². The van der Waals surface area contributed by atoms with Crippen molar-refractivity contribution in [2.45, 2.75) is 47.0 Å². The van der Waals surface area contributed by atoms with Crippen molar-refractivity contribution in [1.29, 1.82) is 0 Å². The Morgan fingerprint density at radius 3 is 2.05 bits per heavy atom. The largest absolute Gasteiger partial charge is 0.342 e. The third kappa shape index (κ3) is 1.84. The molecule has 1 N–H and O–H groups in total. The molecule has 2 heterocycles. The predicted octanol–water partition coefficient (Wildman–Crippen LogP) is 2.27. The van der Waals surface area contributed by atoms with Gasteiger partial charge in [-0.25, -0.2) is 0 Å². The summed E-state index contributed by atoms with van der Waals surface area (Å²) >= 11 is 0. The third-order valence-corrected chi connectivity index (χ3v) is 6.74. The fourth-order valence-corrected chi connectivity index (χ4v) is 4.42. The lowest BCUT2D eigenvalue weighted by Gasteiger charge is -2.39. The van der Waals surface area contributed by atoms with Crippen molar-refractivity contribution in [2.24, 2.45) is 22.2 Å². The van der Waals surface area contributed by atoms with E-state index in [-0.39, 0.29) is 16.7 Å². The van der Waals surface area contributed by atoms with Crippen molar-refractivity contribution < 1.29 is 4.79 Å². The first-order chi connectivity index (χ1) is 8.80. The summed E-state index contributed by atoms with van der Waals surface area (Å²) in [6.07, 6.45) is 3.69. The van der Waals surface area contributed by atoms with Crippen LogP contribution >= 0.6 is 0 Å². The monoisotopic (exact) mass is 264 g/mol. The number of piperidine rings is 1. The zero-order valence-corrected chi connectivity index (χ0v) is 12.9. The Balaban J connectivity index is 1.62. The van der Waals surface area contributed by atoms with E-state index < -0.39 is 0 Å². The summed E-state index contributed by atoms with van der Waals surface area (Å²) in [5.74, 6) is 0.645. The molecule has 0 bridgehead atoms. The van der Waals surface area contributed by atoms with Crippen LogP contribution in [0.3, 0.4) is 0 Å². The topological polar surface area (TPSA) is 32.3 Å². The molecule has 1 saturated carbocycles. The number of rotatable bonds is 1. The van der Waals surface area contributed by atoms with Gasteiger partial charge >= 0.3 is 0 Å². The van der Waals surface area contributed by atoms with Gasteiger partial charge in [0.2, 0.25) is 5.91 Å². The highest BCUT2D eigenvalue weighted by molar-refractivity contribution is 5.84. The van der Waals surface area contributed by atoms with Crippen molar-refractivity contribution in [2.75, 3.05) is 26.2 Å². The maximum atomic E-state index is 12.7. The maximum Gasteiger partial charge on any atom is 0.226 e. The molecule has 2 aliphatic heterocycles. The van der Waals surface area contributed by atoms with Crippen LogP contribution in [0.5, 0.6) is 0 Å². The Hall–Kier alpha value is -0.570. The summed E-state index contributed by atoms with van der Waals surface area (Å²) in [4.78, 5) is 14.8. The van der Waals surface area contributed by atoms with E-state index in [0.29, 0.717) is 11.3 Å². The Bertz CT molecular complexity index is 370. The summed E-state index contributed by atoms with van der Waals surface area (Å²) in [6.45, 7) is 13.2. The van der Waals surface area contributed by atoms with Crippen molar-refractivity contribution in [3.8, 4) is 0 Å². The van der Waals surface area contributed by atoms with Crippen LogP contribution < -0.4 is 5.32 Å². The number of nitrogens with zero attached hydrogens (tertiary/aromatic N) is 1. The number of nitrogens with one attached hydrogen (secondary N) is 1. The van der Waals surface area contributed by atoms with Gasteiger partial charge in [-0.2, -0.15) is 0 Å². The van der Waals surface area contributed by atoms with Crippen LogP contribution in [0, 0.1) is 22.2 Å². The molecule has 3 aliphatic rings. The molecule has 0 radical (unpaired) electrons. The van der Waals surface area contributed by atoms with Gasteiger partial charge in [0.15, 0.2) is 0 Å². The zero-order chi connectivity index (χ0) is 13.9. The molecule has 3 nitrogen and oxygen atoms in total. The SMILES string of the molecule is CC1(C)C(C(=O)N2CCC3(CCNC3)CC2)C1(C)C. The summed E-state index contributed by atoms with van der Waals surface area (Å²) < 4.78 is 0. The number of hydrogen-bond acceptors (Lipinski definition) is 2. The second-order valence-electron chi connectivity index (χ2n) is 8.13. The van der Waals surface area contributed by atoms with Gasteiger partial charge in [0.1, 0.15) is 0 Å². The van der Waals surface area contributed by atoms with E-state index in [0.717, 1.165) is 26.2 Å². The first-order valence-corrected chi connectivity index (χ1v) is 7.80. The van der Waals surface area contributed by atoms with Gasteiger partial charge in [0.05, 0.1) is 0 Å². The van der Waals surface area contributed by atoms with Crippen LogP contribution in [0.25, 0.3) is 0 Å². The Labute approximate surface area is 117 Å². The fourth-order valence-electron chi connectivity index (χ4n) is 4.42. The average Bonchev–Trinajstić information content (AvgIpc) is 2.69. The molecule has 1 amide bonds. The summed E-state index contributed by atoms with van der Waals surface area (Å²) in [5.41, 5.74) is 0.855. The van der Waals surface area contributed by atoms with E-state index in [1.165, 1.54) is 19.3 Å². The molecule has 0 aromatic heterocycles. The molecule has 108 valence electrons. The van der Waals surface area contributed by atoms with Gasteiger partial charge in [0, 0.05) is 25.6 Å². The Morgan fingerprint density at radius 2 is 1.63 bits per heavy atom. The van der Waals surface area contributed by atoms with Gasteiger partial charge in [-0.3, -0.25) is 4.79 Å². The van der Waals surface area contributed by atoms with Gasteiger partial charge < -0.3 is 10.2 Å². The summed E-state index contributed by atoms with van der Waals surface area (Å²) in [6, 6.07) is 0. The van der Waals surface area contributed by atoms with Crippen LogP contribution in [-0.2, 0) is 4.79 Å². The lowest BCUT2D eigenvalue weighted by Crippen LogP contribution is -2.45. The number of carbonyl (C=O) groups is 1. The van der Waals surface area contributed by atoms with Gasteiger partial charge in [0.25, 0.3) is 0 Å². The molecule has 3 rings (SSSR count). The van der Waals surface area contributed by atoms with Crippen LogP contribution in [-0.4, -0.2) is 37.0 Å². The highest BCUT2D eigenvalue weighted by atomic mass is 16.2. The molecule has 0 atom stereocenters. The molecule has 0 aromatic rings. The third-order valence-electron chi connectivity index (χ3n) is 6.74. The van der Waals surface area contributed by atoms with E-state index in [1.54, 1.807) is 0 Å². The first kappa shape index (κ1) is 13.4. The molecule has 3 heteroatoms. The number of carbonyl (C=O) groups excluding carboxylic acids is 1. The van der Waals surface area contributed by atoms with Crippen molar-refractivity contribution in [3.05, 3.63) is 0 Å². The predicted molar refractivity (Wildman–Crippen MR) is 76.8 cm³/mol. The highest BCUT2D eigenvalue weighted by Crippen LogP contribution is 2.68. The Morgan fingerprint density at radius 1 is 1.05 bits per heavy atom. The van der Waals surface area contributed by atoms with Crippen LogP contribution in [0.1, 0.15) is 47.0 Å². The van der Waals surface area contributed by atoms with E-state index in [1.807, 2.05) is 0 Å². The quantitative estimate of drug-likeness (QED) is 0.788. The number of likely N-dealkylation sites (tertiary alicyclic amines) is 1. The summed E-state index contributed by atoms with van der Waals surface area (Å²) in [7, 11) is 0. The van der Waals surface area contributed by atoms with Crippen LogP contribution in [0.4, 0.5) is 0 Å². The van der Waals surface area contributed by atoms with Gasteiger partial charge in [-0.05, 0) is 42.1 Å². The molecular formula is C16H28N2O. The highest BCUT2D eigenvalue weighted by Gasteiger charge is 2.68. The van der Waals surface area contributed by atoms with Crippen molar-refractivity contribution in [1.82, 2.24) is 10.2 Å². The second-order valence-corrected chi connectivity index (χ2v) is 8.13. The molecule has 3 fully saturated rings. The Kier molecular flexibility index (Phi) is 2.80. The van der Waals surface area contributed by atoms with E-state index in [2.05, 4.69) is 37.9 Å². The lowest BCUT2D eigenvalue weighted by atomic mass is 9.77. The lowest BCUT2D eigenvalue weighted by molar-refractivity contribution is -0.136. The van der Waals surface area contributed by atoms with Gasteiger partial charge in [-0.15, -0.1) is 0 Å². The van der Waals surface area contributed by atoms with Crippen molar-refractivity contribution in [3.63, 3.8) is 0 Å². The molecule has 1 spiro atoms. The van der Waals surface area contributed by atoms with Gasteiger partial charge in [-0.1, -0.05) is 27.7 Å². The average molecular weight is 264 g/mol. The maximum absolute atomic E-state index is 12.7. The number of amides is 1. The fraction of sp³-hybridized carbons (Fsp3) is 0.938. The molecule has 19 heavy (non-hydrogen) atoms. The standard InChI is InChI=1S/C16H28N2O/c1-14(2)12(15(14,3)4)13(19)18-9-6-16(7-10-18)5-8-17-11-16/h12,17H,5-11H2,1-4H3. The van der Waals surface area contributed by atoms with Crippen molar-refractivity contribution >= 4 is 5.91 Å². The molecular weight excluding hydrogens is 236 g/mol. The molecule has 0 unspecified atom stereocenters. The van der Waals surface area contributed by atoms with Crippen LogP contribution in [0.15, 0.2) is 0 Å². The van der Waals surface area contributed by atoms with Crippen LogP contribution in [0.2, 0.25) is 0 Å². The van der Waals surface area contributed by atoms with E-state index in [9.17, 15) is 4.79 Å². The molecule has 2 saturated heterocycles.